The summed E-state index contributed by atoms with van der Waals surface area (Å²) in [5, 5.41) is 5.88. The Balaban J connectivity index is 1.66. The van der Waals surface area contributed by atoms with Crippen LogP contribution in [0.4, 0.5) is 4.79 Å². The molecule has 2 aliphatic rings. The van der Waals surface area contributed by atoms with Gasteiger partial charge in [0.2, 0.25) is 0 Å². The number of likely N-dealkylation sites (tertiary alicyclic amines) is 1. The molecule has 0 aliphatic carbocycles. The molecule has 2 fully saturated rings. The molecular weight excluding hydrogens is 316 g/mol. The Bertz CT molecular complexity index is 618. The number of imide groups is 1. The highest BCUT2D eigenvalue weighted by Gasteiger charge is 2.55. The van der Waals surface area contributed by atoms with Crippen molar-refractivity contribution in [3.63, 3.8) is 0 Å². The van der Waals surface area contributed by atoms with Crippen molar-refractivity contribution in [2.45, 2.75) is 45.0 Å². The third-order valence-electron chi connectivity index (χ3n) is 4.31. The van der Waals surface area contributed by atoms with E-state index in [4.69, 9.17) is 4.74 Å². The number of thiazole rings is 1. The number of carbonyl (C=O) groups is 2. The van der Waals surface area contributed by atoms with Crippen molar-refractivity contribution >= 4 is 23.3 Å². The normalized spacial score (nSPS) is 25.1. The zero-order chi connectivity index (χ0) is 16.6. The fourth-order valence-corrected chi connectivity index (χ4v) is 4.01. The van der Waals surface area contributed by atoms with Crippen LogP contribution in [0.2, 0.25) is 0 Å². The van der Waals surface area contributed by atoms with E-state index in [2.05, 4.69) is 15.2 Å². The van der Waals surface area contributed by atoms with Gasteiger partial charge in [0, 0.05) is 38.2 Å². The Hall–Kier alpha value is -1.51. The van der Waals surface area contributed by atoms with Gasteiger partial charge in [-0.2, -0.15) is 0 Å². The standard InChI is InChI=1S/C15H22N4O3S/c1-10(2)19-13(20)15(17-14(19)21)4-5-18(9-15)6-11-8-23-12(16-11)7-22-3/h8,10H,4-7,9H2,1-3H3,(H,17,21)/t15-/m0/s1. The van der Waals surface area contributed by atoms with Crippen LogP contribution < -0.4 is 5.32 Å². The summed E-state index contributed by atoms with van der Waals surface area (Å²) in [6, 6.07) is -0.394. The number of nitrogens with zero attached hydrogens (tertiary/aromatic N) is 3. The van der Waals surface area contributed by atoms with Gasteiger partial charge < -0.3 is 10.1 Å². The number of amides is 3. The van der Waals surface area contributed by atoms with Gasteiger partial charge in [0.15, 0.2) is 0 Å². The molecule has 1 aromatic heterocycles. The lowest BCUT2D eigenvalue weighted by atomic mass is 9.98. The molecule has 8 heteroatoms. The lowest BCUT2D eigenvalue weighted by molar-refractivity contribution is -0.132. The third kappa shape index (κ3) is 2.98. The maximum atomic E-state index is 12.7. The number of aromatic nitrogens is 1. The van der Waals surface area contributed by atoms with Crippen molar-refractivity contribution in [3.8, 4) is 0 Å². The summed E-state index contributed by atoms with van der Waals surface area (Å²) in [5.74, 6) is -0.0988. The Kier molecular flexibility index (Phi) is 4.39. The van der Waals surface area contributed by atoms with Gasteiger partial charge in [-0.1, -0.05) is 0 Å². The number of hydrogen-bond donors (Lipinski definition) is 1. The SMILES string of the molecule is COCc1nc(CN2CC[C@@]3(C2)NC(=O)N(C(C)C)C3=O)cs1. The number of nitrogens with one attached hydrogen (secondary N) is 1. The van der Waals surface area contributed by atoms with E-state index in [1.165, 1.54) is 4.90 Å². The van der Waals surface area contributed by atoms with Crippen LogP contribution in [0.1, 0.15) is 31.0 Å². The van der Waals surface area contributed by atoms with Gasteiger partial charge in [0.1, 0.15) is 10.5 Å². The summed E-state index contributed by atoms with van der Waals surface area (Å²) in [7, 11) is 1.65. The first-order chi connectivity index (χ1) is 10.9. The molecule has 23 heavy (non-hydrogen) atoms. The van der Waals surface area contributed by atoms with E-state index in [0.29, 0.717) is 26.1 Å². The van der Waals surface area contributed by atoms with Crippen LogP contribution in [-0.4, -0.2) is 58.5 Å². The van der Waals surface area contributed by atoms with Crippen molar-refractivity contribution in [3.05, 3.63) is 16.1 Å². The van der Waals surface area contributed by atoms with E-state index < -0.39 is 5.54 Å². The van der Waals surface area contributed by atoms with Crippen molar-refractivity contribution in [1.29, 1.82) is 0 Å². The lowest BCUT2D eigenvalue weighted by Gasteiger charge is -2.23. The summed E-state index contributed by atoms with van der Waals surface area (Å²) in [6.07, 6.45) is 0.649. The summed E-state index contributed by atoms with van der Waals surface area (Å²) >= 11 is 1.58. The molecule has 0 radical (unpaired) electrons. The smallest absolute Gasteiger partial charge is 0.325 e. The van der Waals surface area contributed by atoms with Gasteiger partial charge in [-0.05, 0) is 20.3 Å². The number of carbonyl (C=O) groups excluding carboxylic acids is 2. The first kappa shape index (κ1) is 16.4. The van der Waals surface area contributed by atoms with Gasteiger partial charge >= 0.3 is 6.03 Å². The first-order valence-electron chi connectivity index (χ1n) is 7.75. The van der Waals surface area contributed by atoms with Crippen LogP contribution in [0.15, 0.2) is 5.38 Å². The van der Waals surface area contributed by atoms with Gasteiger partial charge in [0.25, 0.3) is 5.91 Å². The quantitative estimate of drug-likeness (QED) is 0.817. The average Bonchev–Trinajstić information content (AvgIpc) is 3.13. The van der Waals surface area contributed by atoms with E-state index in [1.807, 2.05) is 19.2 Å². The molecule has 0 saturated carbocycles. The zero-order valence-corrected chi connectivity index (χ0v) is 14.5. The molecule has 7 nitrogen and oxygen atoms in total. The molecule has 3 rings (SSSR count). The predicted octanol–water partition coefficient (Wildman–Crippen LogP) is 1.19. The molecule has 1 atom stereocenters. The van der Waals surface area contributed by atoms with E-state index in [9.17, 15) is 9.59 Å². The minimum absolute atomic E-state index is 0.0988. The third-order valence-corrected chi connectivity index (χ3v) is 5.18. The highest BCUT2D eigenvalue weighted by molar-refractivity contribution is 7.09. The Morgan fingerprint density at radius 1 is 1.48 bits per heavy atom. The van der Waals surface area contributed by atoms with Crippen LogP contribution in [-0.2, 0) is 22.7 Å². The van der Waals surface area contributed by atoms with Gasteiger partial charge in [-0.3, -0.25) is 14.6 Å². The zero-order valence-electron chi connectivity index (χ0n) is 13.7. The second-order valence-corrected chi connectivity index (χ2v) is 7.35. The van der Waals surface area contributed by atoms with Crippen LogP contribution in [0.3, 0.4) is 0 Å². The van der Waals surface area contributed by atoms with Crippen molar-refractivity contribution in [2.24, 2.45) is 0 Å². The summed E-state index contributed by atoms with van der Waals surface area (Å²) in [6.45, 7) is 6.23. The van der Waals surface area contributed by atoms with Crippen LogP contribution in [0, 0.1) is 0 Å². The molecule has 1 spiro atoms. The topological polar surface area (TPSA) is 74.8 Å². The molecule has 2 aliphatic heterocycles. The Labute approximate surface area is 139 Å². The van der Waals surface area contributed by atoms with E-state index in [1.54, 1.807) is 18.4 Å². The summed E-state index contributed by atoms with van der Waals surface area (Å²) in [4.78, 5) is 32.8. The van der Waals surface area contributed by atoms with Crippen molar-refractivity contribution < 1.29 is 14.3 Å². The average molecular weight is 338 g/mol. The van der Waals surface area contributed by atoms with Crippen molar-refractivity contribution in [1.82, 2.24) is 20.1 Å². The van der Waals surface area contributed by atoms with Gasteiger partial charge in [-0.25, -0.2) is 9.78 Å². The van der Waals surface area contributed by atoms with E-state index >= 15 is 0 Å². The summed E-state index contributed by atoms with van der Waals surface area (Å²) < 4.78 is 5.08. The monoisotopic (exact) mass is 338 g/mol. The van der Waals surface area contributed by atoms with Crippen LogP contribution >= 0.6 is 11.3 Å². The fourth-order valence-electron chi connectivity index (χ4n) is 3.25. The van der Waals surface area contributed by atoms with Crippen molar-refractivity contribution in [2.75, 3.05) is 20.2 Å². The number of hydrogen-bond acceptors (Lipinski definition) is 6. The maximum absolute atomic E-state index is 12.7. The van der Waals surface area contributed by atoms with E-state index in [-0.39, 0.29) is 18.0 Å². The van der Waals surface area contributed by atoms with Crippen LogP contribution in [0.5, 0.6) is 0 Å². The van der Waals surface area contributed by atoms with Crippen LogP contribution in [0.25, 0.3) is 0 Å². The second-order valence-electron chi connectivity index (χ2n) is 6.41. The molecule has 3 heterocycles. The highest BCUT2D eigenvalue weighted by Crippen LogP contribution is 2.30. The van der Waals surface area contributed by atoms with Gasteiger partial charge in [0.05, 0.1) is 12.3 Å². The lowest BCUT2D eigenvalue weighted by Crippen LogP contribution is -2.49. The molecular formula is C15H22N4O3S. The largest absolute Gasteiger partial charge is 0.378 e. The van der Waals surface area contributed by atoms with Gasteiger partial charge in [-0.15, -0.1) is 11.3 Å². The minimum atomic E-state index is -0.757. The summed E-state index contributed by atoms with van der Waals surface area (Å²) in [5.41, 5.74) is 0.226. The van der Waals surface area contributed by atoms with E-state index in [0.717, 1.165) is 17.2 Å². The number of urea groups is 1. The molecule has 1 aromatic rings. The number of rotatable bonds is 5. The first-order valence-corrected chi connectivity index (χ1v) is 8.63. The predicted molar refractivity (Wildman–Crippen MR) is 86.0 cm³/mol. The maximum Gasteiger partial charge on any atom is 0.325 e. The Morgan fingerprint density at radius 3 is 2.91 bits per heavy atom. The molecule has 0 aromatic carbocycles. The molecule has 3 amide bonds. The number of ether oxygens (including phenoxy) is 1. The fraction of sp³-hybridized carbons (Fsp3) is 0.667. The molecule has 2 saturated heterocycles. The highest BCUT2D eigenvalue weighted by atomic mass is 32.1. The molecule has 1 N–H and O–H groups in total. The number of methoxy groups -OCH3 is 1. The molecule has 0 bridgehead atoms. The Morgan fingerprint density at radius 2 is 2.26 bits per heavy atom. The molecule has 0 unspecified atom stereocenters. The second kappa shape index (κ2) is 6.18. The molecule has 126 valence electrons. The minimum Gasteiger partial charge on any atom is -0.378 e.